The first-order valence-electron chi connectivity index (χ1n) is 7.67. The predicted octanol–water partition coefficient (Wildman–Crippen LogP) is 2.98. The molecule has 2 aliphatic carbocycles. The molecule has 0 aliphatic heterocycles. The molecule has 6 heteroatoms. The van der Waals surface area contributed by atoms with Gasteiger partial charge in [0.2, 0.25) is 5.91 Å². The molecule has 0 radical (unpaired) electrons. The smallest absolute Gasteiger partial charge is 0.229 e. The fourth-order valence-corrected chi connectivity index (χ4v) is 4.16. The minimum absolute atomic E-state index is 0.0119. The number of anilines is 1. The van der Waals surface area contributed by atoms with Crippen LogP contribution < -0.4 is 10.6 Å². The van der Waals surface area contributed by atoms with Gasteiger partial charge in [0.15, 0.2) is 11.3 Å². The second-order valence-electron chi connectivity index (χ2n) is 6.01. The predicted molar refractivity (Wildman–Crippen MR) is 81.8 cm³/mol. The van der Waals surface area contributed by atoms with Gasteiger partial charge in [-0.3, -0.25) is 4.79 Å². The van der Waals surface area contributed by atoms with Gasteiger partial charge in [-0.2, -0.15) is 5.26 Å². The van der Waals surface area contributed by atoms with Crippen LogP contribution in [0.15, 0.2) is 6.20 Å². The van der Waals surface area contributed by atoms with E-state index in [1.54, 1.807) is 11.3 Å². The van der Waals surface area contributed by atoms with Crippen LogP contribution in [-0.2, 0) is 4.79 Å². The summed E-state index contributed by atoms with van der Waals surface area (Å²) in [5.74, 6) is 0.684. The highest BCUT2D eigenvalue weighted by atomic mass is 32.1. The van der Waals surface area contributed by atoms with Crippen LogP contribution in [0.1, 0.15) is 55.7 Å². The highest BCUT2D eigenvalue weighted by Crippen LogP contribution is 2.37. The van der Waals surface area contributed by atoms with Crippen LogP contribution in [0.25, 0.3) is 0 Å². The maximum Gasteiger partial charge on any atom is 0.229 e. The van der Waals surface area contributed by atoms with Crippen LogP contribution in [0, 0.1) is 17.4 Å². The lowest BCUT2D eigenvalue weighted by Crippen LogP contribution is -2.44. The molecule has 1 amide bonds. The molecule has 1 aromatic heterocycles. The van der Waals surface area contributed by atoms with Crippen molar-refractivity contribution < 1.29 is 4.79 Å². The van der Waals surface area contributed by atoms with Crippen molar-refractivity contribution in [2.45, 2.75) is 56.9 Å². The first-order chi connectivity index (χ1) is 10.3. The molecule has 2 fully saturated rings. The maximum absolute atomic E-state index is 12.1. The van der Waals surface area contributed by atoms with Crippen molar-refractivity contribution in [1.29, 1.82) is 5.26 Å². The summed E-state index contributed by atoms with van der Waals surface area (Å²) in [6.45, 7) is 0. The molecule has 3 rings (SSSR count). The van der Waals surface area contributed by atoms with Crippen LogP contribution in [0.3, 0.4) is 0 Å². The number of nitrogens with one attached hydrogen (secondary N) is 2. The van der Waals surface area contributed by atoms with Crippen molar-refractivity contribution in [3.63, 3.8) is 0 Å². The van der Waals surface area contributed by atoms with E-state index in [2.05, 4.69) is 15.6 Å². The second-order valence-corrected chi connectivity index (χ2v) is 7.08. The van der Waals surface area contributed by atoms with Gasteiger partial charge >= 0.3 is 0 Å². The number of amides is 1. The summed E-state index contributed by atoms with van der Waals surface area (Å²) in [5.41, 5.74) is 0. The van der Waals surface area contributed by atoms with E-state index < -0.39 is 0 Å². The molecule has 2 saturated carbocycles. The van der Waals surface area contributed by atoms with Gasteiger partial charge in [-0.25, -0.2) is 4.98 Å². The monoisotopic (exact) mass is 304 g/mol. The maximum atomic E-state index is 12.1. The van der Waals surface area contributed by atoms with Crippen LogP contribution in [0.2, 0.25) is 0 Å². The topological polar surface area (TPSA) is 77.8 Å². The third-order valence-corrected chi connectivity index (χ3v) is 5.61. The summed E-state index contributed by atoms with van der Waals surface area (Å²) in [7, 11) is 0. The summed E-state index contributed by atoms with van der Waals surface area (Å²) in [4.78, 5) is 17.7. The van der Waals surface area contributed by atoms with Crippen molar-refractivity contribution in [1.82, 2.24) is 10.3 Å². The standard InChI is InChI=1S/C15H20N4OS/c16-9-18-12-6-11(7-12)14(20)19-15-17-8-13(21-15)10-4-2-1-3-5-10/h8,10-12,18H,1-7H2,(H,17,19,20)/t11-,12-. The quantitative estimate of drug-likeness (QED) is 0.662. The molecule has 0 aromatic carbocycles. The molecule has 21 heavy (non-hydrogen) atoms. The molecule has 5 nitrogen and oxygen atoms in total. The van der Waals surface area contributed by atoms with Gasteiger partial charge in [0, 0.05) is 23.0 Å². The van der Waals surface area contributed by atoms with Crippen molar-refractivity contribution in [3.05, 3.63) is 11.1 Å². The van der Waals surface area contributed by atoms with Crippen molar-refractivity contribution in [2.75, 3.05) is 5.32 Å². The minimum atomic E-state index is 0.0119. The van der Waals surface area contributed by atoms with Gasteiger partial charge in [0.05, 0.1) is 0 Å². The van der Waals surface area contributed by atoms with Crippen LogP contribution >= 0.6 is 11.3 Å². The SMILES string of the molecule is N#CN[C@H]1C[C@H](C(=O)Nc2ncc(C3CCCCC3)s2)C1. The average Bonchev–Trinajstić information content (AvgIpc) is 2.91. The number of aromatic nitrogens is 1. The Kier molecular flexibility index (Phi) is 4.39. The lowest BCUT2D eigenvalue weighted by Gasteiger charge is -2.32. The lowest BCUT2D eigenvalue weighted by atomic mass is 9.80. The Morgan fingerprint density at radius 3 is 2.81 bits per heavy atom. The molecule has 2 aliphatic rings. The molecule has 0 unspecified atom stereocenters. The molecular formula is C15H20N4OS. The molecular weight excluding hydrogens is 284 g/mol. The Balaban J connectivity index is 1.50. The number of nitrogens with zero attached hydrogens (tertiary/aromatic N) is 2. The third kappa shape index (κ3) is 3.35. The molecule has 1 aromatic rings. The van der Waals surface area contributed by atoms with E-state index in [1.165, 1.54) is 37.0 Å². The second kappa shape index (κ2) is 6.44. The number of carbonyl (C=O) groups is 1. The molecule has 1 heterocycles. The van der Waals surface area contributed by atoms with E-state index in [-0.39, 0.29) is 17.9 Å². The fourth-order valence-electron chi connectivity index (χ4n) is 3.17. The van der Waals surface area contributed by atoms with E-state index in [1.807, 2.05) is 12.4 Å². The van der Waals surface area contributed by atoms with Crippen LogP contribution in [0.4, 0.5) is 5.13 Å². The van der Waals surface area contributed by atoms with Gasteiger partial charge in [-0.05, 0) is 31.6 Å². The first kappa shape index (κ1) is 14.3. The van der Waals surface area contributed by atoms with E-state index in [0.29, 0.717) is 5.92 Å². The summed E-state index contributed by atoms with van der Waals surface area (Å²) < 4.78 is 0. The fraction of sp³-hybridized carbons (Fsp3) is 0.667. The molecule has 112 valence electrons. The Morgan fingerprint density at radius 1 is 1.33 bits per heavy atom. The van der Waals surface area contributed by atoms with Gasteiger partial charge in [-0.1, -0.05) is 19.3 Å². The van der Waals surface area contributed by atoms with Gasteiger partial charge in [-0.15, -0.1) is 11.3 Å². The van der Waals surface area contributed by atoms with Crippen LogP contribution in [0.5, 0.6) is 0 Å². The van der Waals surface area contributed by atoms with Crippen molar-refractivity contribution >= 4 is 22.4 Å². The molecule has 0 bridgehead atoms. The Morgan fingerprint density at radius 2 is 2.10 bits per heavy atom. The number of rotatable bonds is 4. The zero-order valence-corrected chi connectivity index (χ0v) is 12.8. The Hall–Kier alpha value is -1.61. The van der Waals surface area contributed by atoms with Crippen molar-refractivity contribution in [2.24, 2.45) is 5.92 Å². The van der Waals surface area contributed by atoms with E-state index in [4.69, 9.17) is 5.26 Å². The van der Waals surface area contributed by atoms with Gasteiger partial charge in [0.1, 0.15) is 0 Å². The Bertz CT molecular complexity index is 538. The van der Waals surface area contributed by atoms with Gasteiger partial charge < -0.3 is 10.6 Å². The van der Waals surface area contributed by atoms with E-state index in [0.717, 1.165) is 18.0 Å². The number of nitriles is 1. The zero-order valence-electron chi connectivity index (χ0n) is 12.0. The van der Waals surface area contributed by atoms with Crippen LogP contribution in [-0.4, -0.2) is 16.9 Å². The lowest BCUT2D eigenvalue weighted by molar-refractivity contribution is -0.122. The molecule has 0 spiro atoms. The molecule has 2 N–H and O–H groups in total. The summed E-state index contributed by atoms with van der Waals surface area (Å²) in [5, 5.41) is 14.9. The van der Waals surface area contributed by atoms with Crippen molar-refractivity contribution in [3.8, 4) is 6.19 Å². The number of hydrogen-bond donors (Lipinski definition) is 2. The Labute approximate surface area is 128 Å². The third-order valence-electron chi connectivity index (χ3n) is 4.54. The highest BCUT2D eigenvalue weighted by molar-refractivity contribution is 7.15. The van der Waals surface area contributed by atoms with E-state index >= 15 is 0 Å². The largest absolute Gasteiger partial charge is 0.321 e. The summed E-state index contributed by atoms with van der Waals surface area (Å²) >= 11 is 1.62. The number of hydrogen-bond acceptors (Lipinski definition) is 5. The zero-order chi connectivity index (χ0) is 14.7. The van der Waals surface area contributed by atoms with Gasteiger partial charge in [0.25, 0.3) is 0 Å². The molecule has 0 saturated heterocycles. The highest BCUT2D eigenvalue weighted by Gasteiger charge is 2.34. The summed E-state index contributed by atoms with van der Waals surface area (Å²) in [6, 6.07) is 0.167. The van der Waals surface area contributed by atoms with E-state index in [9.17, 15) is 4.79 Å². The molecule has 0 atom stereocenters. The normalized spacial score (nSPS) is 25.7. The number of carbonyl (C=O) groups excluding carboxylic acids is 1. The summed E-state index contributed by atoms with van der Waals surface area (Å²) in [6.07, 6.45) is 11.8. The minimum Gasteiger partial charge on any atom is -0.321 e. The first-order valence-corrected chi connectivity index (χ1v) is 8.49. The number of thiazole rings is 1. The average molecular weight is 304 g/mol.